The smallest absolute Gasteiger partial charge is 0.111 e. The van der Waals surface area contributed by atoms with Gasteiger partial charge in [-0.25, -0.2) is 10.1 Å². The van der Waals surface area contributed by atoms with Gasteiger partial charge in [0.05, 0.1) is 0 Å². The lowest BCUT2D eigenvalue weighted by Gasteiger charge is -2.01. The van der Waals surface area contributed by atoms with Gasteiger partial charge in [-0.3, -0.25) is 0 Å². The topological polar surface area (TPSA) is 38.7 Å². The molecule has 0 aliphatic rings. The van der Waals surface area contributed by atoms with E-state index in [-0.39, 0.29) is 6.61 Å². The van der Waals surface area contributed by atoms with Crippen molar-refractivity contribution < 1.29 is 15.2 Å². The Labute approximate surface area is 65.0 Å². The largest absolute Gasteiger partial charge is 0.221 e. The molecule has 3 heteroatoms. The first-order chi connectivity index (χ1) is 5.34. The van der Waals surface area contributed by atoms with Crippen molar-refractivity contribution in [2.75, 3.05) is 0 Å². The van der Waals surface area contributed by atoms with Crippen LogP contribution in [0.3, 0.4) is 0 Å². The number of hydrogen-bond acceptors (Lipinski definition) is 3. The normalized spacial score (nSPS) is 10.0. The molecule has 0 aliphatic carbocycles. The summed E-state index contributed by atoms with van der Waals surface area (Å²) in [6.45, 7) is 2.24. The van der Waals surface area contributed by atoms with Gasteiger partial charge in [-0.05, 0) is 18.1 Å². The molecule has 0 aliphatic heterocycles. The van der Waals surface area contributed by atoms with Crippen molar-refractivity contribution in [1.82, 2.24) is 0 Å². The summed E-state index contributed by atoms with van der Waals surface area (Å²) in [4.78, 5) is 4.36. The number of aryl methyl sites for hydroxylation is 1. The third-order valence-electron chi connectivity index (χ3n) is 1.53. The second-order valence-corrected chi connectivity index (χ2v) is 2.26. The highest BCUT2D eigenvalue weighted by atomic mass is 17.5. The Morgan fingerprint density at radius 1 is 1.36 bits per heavy atom. The fourth-order valence-electron chi connectivity index (χ4n) is 0.862. The second-order valence-electron chi connectivity index (χ2n) is 2.26. The van der Waals surface area contributed by atoms with E-state index < -0.39 is 0 Å². The van der Waals surface area contributed by atoms with Crippen molar-refractivity contribution >= 4 is 0 Å². The maximum Gasteiger partial charge on any atom is 0.111 e. The first kappa shape index (κ1) is 8.20. The zero-order chi connectivity index (χ0) is 8.10. The Morgan fingerprint density at radius 3 is 2.73 bits per heavy atom. The lowest BCUT2D eigenvalue weighted by atomic mass is 10.1. The zero-order valence-corrected chi connectivity index (χ0v) is 6.28. The third-order valence-corrected chi connectivity index (χ3v) is 1.53. The van der Waals surface area contributed by atoms with Gasteiger partial charge in [0, 0.05) is 0 Å². The molecule has 60 valence electrons. The Bertz CT molecular complexity index is 222. The molecule has 1 rings (SSSR count). The van der Waals surface area contributed by atoms with Crippen LogP contribution >= 0.6 is 0 Å². The predicted molar refractivity (Wildman–Crippen MR) is 39.7 cm³/mol. The van der Waals surface area contributed by atoms with Crippen LogP contribution in [0.15, 0.2) is 24.3 Å². The van der Waals surface area contributed by atoms with Gasteiger partial charge < -0.3 is 0 Å². The van der Waals surface area contributed by atoms with Crippen LogP contribution in [0, 0.1) is 6.92 Å². The number of benzene rings is 1. The van der Waals surface area contributed by atoms with Crippen molar-refractivity contribution in [2.24, 2.45) is 0 Å². The van der Waals surface area contributed by atoms with Crippen molar-refractivity contribution in [3.63, 3.8) is 0 Å². The molecule has 0 aromatic heterocycles. The first-order valence-corrected chi connectivity index (χ1v) is 3.32. The van der Waals surface area contributed by atoms with Crippen LogP contribution in [-0.4, -0.2) is 5.26 Å². The molecular formula is C8H10O3. The summed E-state index contributed by atoms with van der Waals surface area (Å²) >= 11 is 0. The van der Waals surface area contributed by atoms with Gasteiger partial charge >= 0.3 is 0 Å². The quantitative estimate of drug-likeness (QED) is 0.534. The van der Waals surface area contributed by atoms with Crippen molar-refractivity contribution in [2.45, 2.75) is 13.5 Å². The molecule has 1 aromatic rings. The molecule has 11 heavy (non-hydrogen) atoms. The lowest BCUT2D eigenvalue weighted by Crippen LogP contribution is -1.93. The van der Waals surface area contributed by atoms with E-state index in [9.17, 15) is 0 Å². The predicted octanol–water partition coefficient (Wildman–Crippen LogP) is 1.92. The van der Waals surface area contributed by atoms with Crippen LogP contribution < -0.4 is 0 Å². The molecule has 0 radical (unpaired) electrons. The highest BCUT2D eigenvalue weighted by Crippen LogP contribution is 2.07. The van der Waals surface area contributed by atoms with E-state index in [1.165, 1.54) is 0 Å². The van der Waals surface area contributed by atoms with E-state index >= 15 is 0 Å². The fourth-order valence-corrected chi connectivity index (χ4v) is 0.862. The van der Waals surface area contributed by atoms with Crippen LogP contribution in [-0.2, 0) is 16.5 Å². The van der Waals surface area contributed by atoms with Gasteiger partial charge in [-0.2, -0.15) is 0 Å². The van der Waals surface area contributed by atoms with Gasteiger partial charge in [0.1, 0.15) is 6.61 Å². The van der Waals surface area contributed by atoms with Crippen molar-refractivity contribution in [1.29, 1.82) is 0 Å². The van der Waals surface area contributed by atoms with Crippen molar-refractivity contribution in [3.05, 3.63) is 35.4 Å². The minimum Gasteiger partial charge on any atom is -0.221 e. The average molecular weight is 154 g/mol. The summed E-state index contributed by atoms with van der Waals surface area (Å²) < 4.78 is 0. The Kier molecular flexibility index (Phi) is 3.04. The third kappa shape index (κ3) is 2.31. The van der Waals surface area contributed by atoms with Crippen LogP contribution in [0.4, 0.5) is 0 Å². The van der Waals surface area contributed by atoms with Crippen LogP contribution in [0.5, 0.6) is 0 Å². The van der Waals surface area contributed by atoms with E-state index in [0.29, 0.717) is 0 Å². The second kappa shape index (κ2) is 4.08. The summed E-state index contributed by atoms with van der Waals surface area (Å²) in [6.07, 6.45) is 0. The maximum absolute atomic E-state index is 7.90. The van der Waals surface area contributed by atoms with Gasteiger partial charge in [-0.1, -0.05) is 29.3 Å². The van der Waals surface area contributed by atoms with E-state index in [1.807, 2.05) is 31.2 Å². The van der Waals surface area contributed by atoms with E-state index in [4.69, 9.17) is 5.26 Å². The molecule has 1 aromatic carbocycles. The highest BCUT2D eigenvalue weighted by Gasteiger charge is 1.95. The zero-order valence-electron chi connectivity index (χ0n) is 6.28. The average Bonchev–Trinajstić information content (AvgIpc) is 2.03. The van der Waals surface area contributed by atoms with E-state index in [1.54, 1.807) is 0 Å². The van der Waals surface area contributed by atoms with Crippen LogP contribution in [0.1, 0.15) is 11.1 Å². The minimum absolute atomic E-state index is 0.267. The summed E-state index contributed by atoms with van der Waals surface area (Å²) in [5.74, 6) is 0. The summed E-state index contributed by atoms with van der Waals surface area (Å²) in [5, 5.41) is 11.4. The minimum atomic E-state index is 0.267. The van der Waals surface area contributed by atoms with Gasteiger partial charge in [0.2, 0.25) is 0 Å². The summed E-state index contributed by atoms with van der Waals surface area (Å²) in [6, 6.07) is 7.73. The Hall–Kier alpha value is -0.900. The SMILES string of the molecule is Cc1ccccc1COOO. The standard InChI is InChI=1S/C8H10O3/c1-7-4-2-3-5-8(7)6-10-11-9/h2-5,9H,6H2,1H3. The van der Waals surface area contributed by atoms with E-state index in [2.05, 4.69) is 9.93 Å². The maximum atomic E-state index is 7.90. The molecule has 0 spiro atoms. The first-order valence-electron chi connectivity index (χ1n) is 3.32. The molecule has 0 amide bonds. The molecule has 0 bridgehead atoms. The number of rotatable bonds is 3. The molecular weight excluding hydrogens is 144 g/mol. The van der Waals surface area contributed by atoms with E-state index in [0.717, 1.165) is 11.1 Å². The highest BCUT2D eigenvalue weighted by molar-refractivity contribution is 5.24. The van der Waals surface area contributed by atoms with Crippen LogP contribution in [0.2, 0.25) is 0 Å². The Morgan fingerprint density at radius 2 is 2.09 bits per heavy atom. The summed E-state index contributed by atoms with van der Waals surface area (Å²) in [5.41, 5.74) is 2.12. The molecule has 0 saturated carbocycles. The summed E-state index contributed by atoms with van der Waals surface area (Å²) in [7, 11) is 0. The molecule has 0 saturated heterocycles. The molecule has 1 N–H and O–H groups in total. The Balaban J connectivity index is 2.62. The van der Waals surface area contributed by atoms with Gasteiger partial charge in [0.15, 0.2) is 0 Å². The number of hydrogen-bond donors (Lipinski definition) is 1. The van der Waals surface area contributed by atoms with Crippen LogP contribution in [0.25, 0.3) is 0 Å². The molecule has 3 nitrogen and oxygen atoms in total. The van der Waals surface area contributed by atoms with Gasteiger partial charge in [0.25, 0.3) is 0 Å². The molecule has 0 fully saturated rings. The molecule has 0 unspecified atom stereocenters. The lowest BCUT2D eigenvalue weighted by molar-refractivity contribution is -0.496. The molecule has 0 heterocycles. The fraction of sp³-hybridized carbons (Fsp3) is 0.250. The monoisotopic (exact) mass is 154 g/mol. The van der Waals surface area contributed by atoms with Crippen molar-refractivity contribution in [3.8, 4) is 0 Å². The van der Waals surface area contributed by atoms with Gasteiger partial charge in [-0.15, -0.1) is 0 Å². The molecule has 0 atom stereocenters.